The number of aromatic nitrogens is 2. The minimum Gasteiger partial charge on any atom is -0.487 e. The molecule has 1 aromatic carbocycles. The number of ether oxygens (including phenoxy) is 1. The third-order valence-electron chi connectivity index (χ3n) is 6.40. The number of pyridine rings is 2. The molecule has 38 heavy (non-hydrogen) atoms. The van der Waals surface area contributed by atoms with Crippen LogP contribution in [0.4, 0.5) is 23.0 Å². The van der Waals surface area contributed by atoms with E-state index in [4.69, 9.17) is 4.74 Å². The molecule has 3 N–H and O–H groups in total. The fourth-order valence-corrected chi connectivity index (χ4v) is 5.53. The first-order chi connectivity index (χ1) is 18.2. The van der Waals surface area contributed by atoms with Crippen LogP contribution in [0.5, 0.6) is 5.75 Å². The molecule has 0 atom stereocenters. The predicted molar refractivity (Wildman–Crippen MR) is 149 cm³/mol. The molecule has 4 rings (SSSR count). The van der Waals surface area contributed by atoms with Gasteiger partial charge < -0.3 is 20.7 Å². The summed E-state index contributed by atoms with van der Waals surface area (Å²) in [5.74, 6) is 2.01. The summed E-state index contributed by atoms with van der Waals surface area (Å²) in [6, 6.07) is 12.5. The lowest BCUT2D eigenvalue weighted by molar-refractivity contribution is 0.242. The maximum absolute atomic E-state index is 12.9. The summed E-state index contributed by atoms with van der Waals surface area (Å²) in [6.45, 7) is 9.18. The first kappa shape index (κ1) is 27.4. The average molecular weight is 535 g/mol. The average Bonchev–Trinajstić information content (AvgIpc) is 2.90. The summed E-state index contributed by atoms with van der Waals surface area (Å²) in [5.41, 5.74) is 2.24. The van der Waals surface area contributed by atoms with Crippen LogP contribution in [-0.4, -0.2) is 42.8 Å². The molecule has 2 aromatic heterocycles. The Balaban J connectivity index is 1.66. The number of nitriles is 1. The smallest absolute Gasteiger partial charge is 0.182 e. The molecule has 0 unspecified atom stereocenters. The molecule has 0 aliphatic carbocycles. The van der Waals surface area contributed by atoms with Crippen molar-refractivity contribution in [2.45, 2.75) is 62.7 Å². The van der Waals surface area contributed by atoms with Gasteiger partial charge in [0.1, 0.15) is 11.9 Å². The molecule has 0 spiro atoms. The number of benzene rings is 1. The van der Waals surface area contributed by atoms with Crippen LogP contribution in [0.2, 0.25) is 0 Å². The molecule has 1 fully saturated rings. The van der Waals surface area contributed by atoms with Gasteiger partial charge in [0.25, 0.3) is 0 Å². The first-order valence-electron chi connectivity index (χ1n) is 12.8. The second-order valence-corrected chi connectivity index (χ2v) is 12.3. The Morgan fingerprint density at radius 1 is 1.03 bits per heavy atom. The van der Waals surface area contributed by atoms with E-state index in [-0.39, 0.29) is 16.6 Å². The molecule has 10 heteroatoms. The Kier molecular flexibility index (Phi) is 8.49. The molecule has 0 radical (unpaired) electrons. The van der Waals surface area contributed by atoms with Crippen LogP contribution < -0.4 is 20.7 Å². The Hall–Kier alpha value is -3.68. The summed E-state index contributed by atoms with van der Waals surface area (Å²) >= 11 is 0. The van der Waals surface area contributed by atoms with Crippen LogP contribution in [0.15, 0.2) is 53.7 Å². The van der Waals surface area contributed by atoms with Crippen LogP contribution in [0.1, 0.15) is 57.6 Å². The molecule has 0 bridgehead atoms. The van der Waals surface area contributed by atoms with Gasteiger partial charge in [0.2, 0.25) is 0 Å². The number of piperidine rings is 1. The maximum atomic E-state index is 12.9. The van der Waals surface area contributed by atoms with E-state index in [1.807, 2.05) is 26.1 Å². The standard InChI is InChI=1S/C28H34N6O3S/c1-18(2)37-25-13-21(20-9-11-30-12-10-20)16-32-28(25)34-27-14-24(22(15-29)17-31-27)33-23-7-5-6-8-26(23)38(35,36)19(3)4/h5-8,13-14,16-20,30H,9-12H2,1-4H3,(H2,31,32,33,34). The Morgan fingerprint density at radius 3 is 2.45 bits per heavy atom. The van der Waals surface area contributed by atoms with E-state index in [0.29, 0.717) is 34.7 Å². The van der Waals surface area contributed by atoms with Crippen LogP contribution in [0, 0.1) is 11.3 Å². The van der Waals surface area contributed by atoms with Gasteiger partial charge in [-0.05, 0) is 83.3 Å². The number of sulfone groups is 1. The zero-order chi connectivity index (χ0) is 27.3. The molecule has 9 nitrogen and oxygen atoms in total. The highest BCUT2D eigenvalue weighted by Crippen LogP contribution is 2.34. The monoisotopic (exact) mass is 534 g/mol. The Morgan fingerprint density at radius 2 is 1.76 bits per heavy atom. The van der Waals surface area contributed by atoms with Crippen LogP contribution in [0.25, 0.3) is 0 Å². The van der Waals surface area contributed by atoms with Crippen LogP contribution >= 0.6 is 0 Å². The van der Waals surface area contributed by atoms with Gasteiger partial charge in [-0.25, -0.2) is 18.4 Å². The fraction of sp³-hybridized carbons (Fsp3) is 0.393. The summed E-state index contributed by atoms with van der Waals surface area (Å²) in [4.78, 5) is 9.22. The van der Waals surface area contributed by atoms with Crippen molar-refractivity contribution in [3.05, 3.63) is 59.9 Å². The molecule has 1 saturated heterocycles. The van der Waals surface area contributed by atoms with Crippen molar-refractivity contribution >= 4 is 32.8 Å². The van der Waals surface area contributed by atoms with Gasteiger partial charge in [0.05, 0.1) is 33.2 Å². The summed E-state index contributed by atoms with van der Waals surface area (Å²) in [6.07, 6.45) is 5.37. The summed E-state index contributed by atoms with van der Waals surface area (Å²) in [5, 5.41) is 18.8. The minimum absolute atomic E-state index is 0.0498. The maximum Gasteiger partial charge on any atom is 0.182 e. The molecule has 0 amide bonds. The zero-order valence-corrected chi connectivity index (χ0v) is 23.0. The van der Waals surface area contributed by atoms with Crippen molar-refractivity contribution < 1.29 is 13.2 Å². The molecule has 200 valence electrons. The van der Waals surface area contributed by atoms with E-state index in [0.717, 1.165) is 31.5 Å². The van der Waals surface area contributed by atoms with Crippen molar-refractivity contribution in [3.63, 3.8) is 0 Å². The van der Waals surface area contributed by atoms with E-state index >= 15 is 0 Å². The number of anilines is 4. The third kappa shape index (κ3) is 6.23. The van der Waals surface area contributed by atoms with Gasteiger partial charge in [-0.3, -0.25) is 0 Å². The van der Waals surface area contributed by atoms with Crippen molar-refractivity contribution in [1.29, 1.82) is 5.26 Å². The predicted octanol–water partition coefficient (Wildman–Crippen LogP) is 5.27. The van der Waals surface area contributed by atoms with E-state index in [2.05, 4.69) is 32.0 Å². The second kappa shape index (κ2) is 11.8. The lowest BCUT2D eigenvalue weighted by Gasteiger charge is -2.24. The Bertz CT molecular complexity index is 1430. The number of rotatable bonds is 9. The molecule has 3 heterocycles. The highest BCUT2D eigenvalue weighted by molar-refractivity contribution is 7.92. The van der Waals surface area contributed by atoms with Gasteiger partial charge in [-0.2, -0.15) is 5.26 Å². The molecular weight excluding hydrogens is 500 g/mol. The normalized spacial score (nSPS) is 14.3. The van der Waals surface area contributed by atoms with Gasteiger partial charge in [-0.1, -0.05) is 12.1 Å². The number of para-hydroxylation sites is 1. The van der Waals surface area contributed by atoms with Gasteiger partial charge >= 0.3 is 0 Å². The number of nitrogens with one attached hydrogen (secondary N) is 3. The van der Waals surface area contributed by atoms with Crippen molar-refractivity contribution in [3.8, 4) is 11.8 Å². The first-order valence-corrected chi connectivity index (χ1v) is 14.4. The summed E-state index contributed by atoms with van der Waals surface area (Å²) < 4.78 is 31.9. The van der Waals surface area contributed by atoms with Crippen molar-refractivity contribution in [2.75, 3.05) is 23.7 Å². The van der Waals surface area contributed by atoms with Gasteiger partial charge in [-0.15, -0.1) is 0 Å². The zero-order valence-electron chi connectivity index (χ0n) is 22.2. The minimum atomic E-state index is -3.54. The molecule has 3 aromatic rings. The lowest BCUT2D eigenvalue weighted by Crippen LogP contribution is -2.26. The molecule has 1 aliphatic heterocycles. The van der Waals surface area contributed by atoms with Crippen molar-refractivity contribution in [1.82, 2.24) is 15.3 Å². The summed E-state index contributed by atoms with van der Waals surface area (Å²) in [7, 11) is -3.54. The quantitative estimate of drug-likeness (QED) is 0.336. The molecular formula is C28H34N6O3S. The van der Waals surface area contributed by atoms with Crippen molar-refractivity contribution in [2.24, 2.45) is 0 Å². The second-order valence-electron chi connectivity index (χ2n) is 9.87. The SMILES string of the molecule is CC(C)Oc1cc(C2CCNCC2)cnc1Nc1cc(Nc2ccccc2S(=O)(=O)C(C)C)c(C#N)cn1. The Labute approximate surface area is 224 Å². The van der Waals surface area contributed by atoms with Gasteiger partial charge in [0.15, 0.2) is 21.4 Å². The van der Waals surface area contributed by atoms with E-state index in [1.54, 1.807) is 44.2 Å². The van der Waals surface area contributed by atoms with Gasteiger partial charge in [0, 0.05) is 18.5 Å². The fourth-order valence-electron chi connectivity index (χ4n) is 4.33. The lowest BCUT2D eigenvalue weighted by atomic mass is 9.91. The third-order valence-corrected chi connectivity index (χ3v) is 8.61. The number of hydrogen-bond acceptors (Lipinski definition) is 9. The van der Waals surface area contributed by atoms with E-state index in [1.165, 1.54) is 6.20 Å². The van der Waals surface area contributed by atoms with E-state index < -0.39 is 15.1 Å². The van der Waals surface area contributed by atoms with E-state index in [9.17, 15) is 13.7 Å². The van der Waals surface area contributed by atoms with Crippen LogP contribution in [-0.2, 0) is 9.84 Å². The highest BCUT2D eigenvalue weighted by Gasteiger charge is 2.23. The molecule has 1 aliphatic rings. The largest absolute Gasteiger partial charge is 0.487 e. The molecule has 0 saturated carbocycles. The van der Waals surface area contributed by atoms with Crippen LogP contribution in [0.3, 0.4) is 0 Å². The highest BCUT2D eigenvalue weighted by atomic mass is 32.2. The number of hydrogen-bond donors (Lipinski definition) is 3. The number of nitrogens with zero attached hydrogens (tertiary/aromatic N) is 3. The topological polar surface area (TPSA) is 129 Å².